The van der Waals surface area contributed by atoms with Crippen LogP contribution in [0.1, 0.15) is 19.2 Å². The Morgan fingerprint density at radius 3 is 3.29 bits per heavy atom. The molecule has 1 saturated heterocycles. The monoisotopic (exact) mass is 255 g/mol. The van der Waals surface area contributed by atoms with E-state index in [1.807, 2.05) is 24.2 Å². The second-order valence-corrected chi connectivity index (χ2v) is 5.54. The van der Waals surface area contributed by atoms with Gasteiger partial charge in [0.15, 0.2) is 0 Å². The Labute approximate surface area is 107 Å². The summed E-state index contributed by atoms with van der Waals surface area (Å²) in [5.74, 6) is 3.18. The van der Waals surface area contributed by atoms with Gasteiger partial charge in [0.05, 0.1) is 12.7 Å². The largest absolute Gasteiger partial charge is 0.375 e. The van der Waals surface area contributed by atoms with Gasteiger partial charge in [-0.2, -0.15) is 11.8 Å². The quantitative estimate of drug-likeness (QED) is 0.861. The molecule has 2 unspecified atom stereocenters. The highest BCUT2D eigenvalue weighted by Gasteiger charge is 2.23. The van der Waals surface area contributed by atoms with Crippen LogP contribution in [0.15, 0.2) is 12.4 Å². The van der Waals surface area contributed by atoms with Crippen LogP contribution in [-0.2, 0) is 17.7 Å². The fraction of sp³-hybridized carbons (Fsp3) is 0.750. The molecule has 96 valence electrons. The Balaban J connectivity index is 1.92. The van der Waals surface area contributed by atoms with Gasteiger partial charge in [-0.05, 0) is 6.42 Å². The van der Waals surface area contributed by atoms with E-state index in [9.17, 15) is 0 Å². The average molecular weight is 255 g/mol. The van der Waals surface area contributed by atoms with Crippen LogP contribution in [0.2, 0.25) is 0 Å². The van der Waals surface area contributed by atoms with Gasteiger partial charge in [0.1, 0.15) is 5.82 Å². The average Bonchev–Trinajstić information content (AvgIpc) is 2.78. The molecule has 5 heteroatoms. The number of aryl methyl sites for hydroxylation is 1. The van der Waals surface area contributed by atoms with Gasteiger partial charge in [0, 0.05) is 42.9 Å². The van der Waals surface area contributed by atoms with Crippen molar-refractivity contribution < 1.29 is 4.74 Å². The van der Waals surface area contributed by atoms with Crippen molar-refractivity contribution in [3.63, 3.8) is 0 Å². The van der Waals surface area contributed by atoms with Crippen molar-refractivity contribution in [2.24, 2.45) is 5.73 Å². The normalized spacial score (nSPS) is 22.6. The third kappa shape index (κ3) is 3.47. The van der Waals surface area contributed by atoms with Crippen molar-refractivity contribution in [2.45, 2.75) is 38.5 Å². The van der Waals surface area contributed by atoms with Gasteiger partial charge in [-0.3, -0.25) is 0 Å². The zero-order valence-corrected chi connectivity index (χ0v) is 11.2. The SMILES string of the molecule is CCCn1ccnc1CC(N)C1CSCCO1. The molecule has 2 atom stereocenters. The molecule has 0 aliphatic carbocycles. The van der Waals surface area contributed by atoms with Crippen molar-refractivity contribution in [2.75, 3.05) is 18.1 Å². The van der Waals surface area contributed by atoms with Crippen LogP contribution in [0.5, 0.6) is 0 Å². The predicted molar refractivity (Wildman–Crippen MR) is 71.3 cm³/mol. The number of nitrogens with zero attached hydrogens (tertiary/aromatic N) is 2. The molecule has 2 rings (SSSR count). The predicted octanol–water partition coefficient (Wildman–Crippen LogP) is 1.29. The lowest BCUT2D eigenvalue weighted by Crippen LogP contribution is -2.43. The first-order chi connectivity index (χ1) is 8.31. The number of hydrogen-bond acceptors (Lipinski definition) is 4. The van der Waals surface area contributed by atoms with E-state index in [4.69, 9.17) is 10.5 Å². The van der Waals surface area contributed by atoms with Gasteiger partial charge < -0.3 is 15.0 Å². The molecule has 1 aliphatic rings. The molecule has 2 heterocycles. The van der Waals surface area contributed by atoms with Crippen LogP contribution in [0, 0.1) is 0 Å². The summed E-state index contributed by atoms with van der Waals surface area (Å²) in [6, 6.07) is 0.0563. The summed E-state index contributed by atoms with van der Waals surface area (Å²) in [5, 5.41) is 0. The molecule has 0 saturated carbocycles. The standard InChI is InChI=1S/C12H21N3OS/c1-2-4-15-5-3-14-12(15)8-10(13)11-9-17-7-6-16-11/h3,5,10-11H,2,4,6-9,13H2,1H3. The molecule has 0 radical (unpaired) electrons. The van der Waals surface area contributed by atoms with Crippen molar-refractivity contribution in [1.82, 2.24) is 9.55 Å². The first-order valence-electron chi connectivity index (χ1n) is 6.26. The zero-order valence-electron chi connectivity index (χ0n) is 10.3. The number of rotatable bonds is 5. The van der Waals surface area contributed by atoms with Crippen molar-refractivity contribution >= 4 is 11.8 Å². The molecule has 17 heavy (non-hydrogen) atoms. The van der Waals surface area contributed by atoms with E-state index < -0.39 is 0 Å². The second-order valence-electron chi connectivity index (χ2n) is 4.39. The zero-order chi connectivity index (χ0) is 12.1. The maximum Gasteiger partial charge on any atom is 0.110 e. The molecule has 4 nitrogen and oxygen atoms in total. The van der Waals surface area contributed by atoms with E-state index in [1.165, 1.54) is 0 Å². The molecular formula is C12H21N3OS. The number of ether oxygens (including phenoxy) is 1. The first-order valence-corrected chi connectivity index (χ1v) is 7.41. The number of thioether (sulfide) groups is 1. The molecule has 1 fully saturated rings. The topological polar surface area (TPSA) is 53.1 Å². The minimum absolute atomic E-state index is 0.0563. The lowest BCUT2D eigenvalue weighted by molar-refractivity contribution is 0.0565. The fourth-order valence-corrected chi connectivity index (χ4v) is 3.03. The first kappa shape index (κ1) is 12.9. The molecule has 1 aromatic heterocycles. The summed E-state index contributed by atoms with van der Waals surface area (Å²) < 4.78 is 7.90. The van der Waals surface area contributed by atoms with Gasteiger partial charge >= 0.3 is 0 Å². The smallest absolute Gasteiger partial charge is 0.110 e. The second kappa shape index (κ2) is 6.42. The summed E-state index contributed by atoms with van der Waals surface area (Å²) >= 11 is 1.93. The maximum absolute atomic E-state index is 6.21. The fourth-order valence-electron chi connectivity index (χ4n) is 2.07. The molecule has 1 aliphatic heterocycles. The molecule has 2 N–H and O–H groups in total. The molecule has 0 aromatic carbocycles. The third-order valence-corrected chi connectivity index (χ3v) is 4.02. The molecule has 0 spiro atoms. The minimum atomic E-state index is 0.0563. The molecule has 1 aromatic rings. The Hall–Kier alpha value is -0.520. The van der Waals surface area contributed by atoms with Gasteiger partial charge in [0.2, 0.25) is 0 Å². The van der Waals surface area contributed by atoms with Crippen LogP contribution in [-0.4, -0.2) is 39.8 Å². The lowest BCUT2D eigenvalue weighted by Gasteiger charge is -2.27. The Morgan fingerprint density at radius 1 is 1.71 bits per heavy atom. The number of nitrogens with two attached hydrogens (primary N) is 1. The third-order valence-electron chi connectivity index (χ3n) is 3.00. The minimum Gasteiger partial charge on any atom is -0.375 e. The van der Waals surface area contributed by atoms with Gasteiger partial charge in [0.25, 0.3) is 0 Å². The van der Waals surface area contributed by atoms with E-state index in [-0.39, 0.29) is 12.1 Å². The summed E-state index contributed by atoms with van der Waals surface area (Å²) in [6.07, 6.45) is 5.99. The van der Waals surface area contributed by atoms with Crippen LogP contribution >= 0.6 is 11.8 Å². The van der Waals surface area contributed by atoms with Gasteiger partial charge in [-0.1, -0.05) is 6.92 Å². The van der Waals surface area contributed by atoms with Crippen LogP contribution in [0.4, 0.5) is 0 Å². The highest BCUT2D eigenvalue weighted by atomic mass is 32.2. The molecular weight excluding hydrogens is 234 g/mol. The van der Waals surface area contributed by atoms with E-state index >= 15 is 0 Å². The highest BCUT2D eigenvalue weighted by Crippen LogP contribution is 2.16. The van der Waals surface area contributed by atoms with Gasteiger partial charge in [-0.15, -0.1) is 0 Å². The van der Waals surface area contributed by atoms with Crippen LogP contribution in [0.3, 0.4) is 0 Å². The van der Waals surface area contributed by atoms with E-state index in [2.05, 4.69) is 16.5 Å². The van der Waals surface area contributed by atoms with Crippen molar-refractivity contribution in [3.05, 3.63) is 18.2 Å². The summed E-state index contributed by atoms with van der Waals surface area (Å²) in [7, 11) is 0. The van der Waals surface area contributed by atoms with Gasteiger partial charge in [-0.25, -0.2) is 4.98 Å². The lowest BCUT2D eigenvalue weighted by atomic mass is 10.1. The Bertz CT molecular complexity index is 336. The number of imidazole rings is 1. The summed E-state index contributed by atoms with van der Waals surface area (Å²) in [6.45, 7) is 4.01. The van der Waals surface area contributed by atoms with E-state index in [0.29, 0.717) is 0 Å². The molecule has 0 amide bonds. The van der Waals surface area contributed by atoms with E-state index in [1.54, 1.807) is 0 Å². The van der Waals surface area contributed by atoms with Crippen LogP contribution in [0.25, 0.3) is 0 Å². The summed E-state index contributed by atoms with van der Waals surface area (Å²) in [4.78, 5) is 4.39. The Kier molecular flexibility index (Phi) is 4.88. The van der Waals surface area contributed by atoms with Crippen LogP contribution < -0.4 is 5.73 Å². The summed E-state index contributed by atoms with van der Waals surface area (Å²) in [5.41, 5.74) is 6.21. The number of aromatic nitrogens is 2. The van der Waals surface area contributed by atoms with E-state index in [0.717, 1.165) is 43.3 Å². The maximum atomic E-state index is 6.21. The van der Waals surface area contributed by atoms with Crippen molar-refractivity contribution in [1.29, 1.82) is 0 Å². The van der Waals surface area contributed by atoms with Crippen molar-refractivity contribution in [3.8, 4) is 0 Å². The highest BCUT2D eigenvalue weighted by molar-refractivity contribution is 7.99. The molecule has 0 bridgehead atoms. The Morgan fingerprint density at radius 2 is 2.59 bits per heavy atom. The number of hydrogen-bond donors (Lipinski definition) is 1.